The molecule has 0 aliphatic heterocycles. The van der Waals surface area contributed by atoms with Crippen molar-refractivity contribution in [1.29, 1.82) is 0 Å². The van der Waals surface area contributed by atoms with Crippen LogP contribution in [0.15, 0.2) is 28.7 Å². The van der Waals surface area contributed by atoms with Gasteiger partial charge in [0.2, 0.25) is 0 Å². The highest BCUT2D eigenvalue weighted by Gasteiger charge is 2.08. The lowest BCUT2D eigenvalue weighted by Crippen LogP contribution is -2.24. The van der Waals surface area contributed by atoms with Crippen LogP contribution >= 0.6 is 0 Å². The van der Waals surface area contributed by atoms with Crippen LogP contribution in [0.5, 0.6) is 0 Å². The molecule has 102 valence electrons. The Bertz CT molecular complexity index is 368. The van der Waals surface area contributed by atoms with Gasteiger partial charge in [-0.15, -0.1) is 0 Å². The summed E-state index contributed by atoms with van der Waals surface area (Å²) in [4.78, 5) is 2.32. The number of rotatable bonds is 8. The molecule has 0 radical (unpaired) electrons. The van der Waals surface area contributed by atoms with Gasteiger partial charge in [0.05, 0.1) is 13.1 Å². The van der Waals surface area contributed by atoms with Gasteiger partial charge in [-0.25, -0.2) is 0 Å². The van der Waals surface area contributed by atoms with E-state index in [2.05, 4.69) is 56.6 Å². The van der Waals surface area contributed by atoms with Crippen LogP contribution in [0.2, 0.25) is 0 Å². The number of hydrogen-bond acceptors (Lipinski definition) is 3. The van der Waals surface area contributed by atoms with Gasteiger partial charge in [0, 0.05) is 12.6 Å². The first-order valence-corrected chi connectivity index (χ1v) is 6.69. The summed E-state index contributed by atoms with van der Waals surface area (Å²) in [5.74, 6) is 2.03. The zero-order chi connectivity index (χ0) is 13.5. The molecule has 0 bridgehead atoms. The maximum Gasteiger partial charge on any atom is 0.118 e. The molecule has 3 heteroatoms. The van der Waals surface area contributed by atoms with E-state index in [9.17, 15) is 0 Å². The molecule has 0 unspecified atom stereocenters. The van der Waals surface area contributed by atoms with Crippen molar-refractivity contribution in [2.24, 2.45) is 0 Å². The number of hydrogen-bond donors (Lipinski definition) is 1. The van der Waals surface area contributed by atoms with Gasteiger partial charge in [0.15, 0.2) is 0 Å². The van der Waals surface area contributed by atoms with E-state index in [1.807, 2.05) is 0 Å². The summed E-state index contributed by atoms with van der Waals surface area (Å²) >= 11 is 0. The fourth-order valence-electron chi connectivity index (χ4n) is 1.79. The summed E-state index contributed by atoms with van der Waals surface area (Å²) in [5, 5.41) is 3.35. The van der Waals surface area contributed by atoms with Crippen LogP contribution in [0.25, 0.3) is 0 Å². The SMILES string of the molecule is C=C(C)CN(CC)Cc1ccc(CNC(C)C)o1. The third-order valence-corrected chi connectivity index (χ3v) is 2.72. The molecule has 1 aromatic heterocycles. The fraction of sp³-hybridized carbons (Fsp3) is 0.600. The molecule has 0 aromatic carbocycles. The second-order valence-corrected chi connectivity index (χ2v) is 5.16. The second-order valence-electron chi connectivity index (χ2n) is 5.16. The van der Waals surface area contributed by atoms with Crippen molar-refractivity contribution in [2.75, 3.05) is 13.1 Å². The van der Waals surface area contributed by atoms with Gasteiger partial charge in [-0.1, -0.05) is 32.9 Å². The smallest absolute Gasteiger partial charge is 0.118 e. The van der Waals surface area contributed by atoms with Crippen LogP contribution in [0, 0.1) is 0 Å². The Balaban J connectivity index is 2.49. The minimum atomic E-state index is 0.481. The summed E-state index contributed by atoms with van der Waals surface area (Å²) in [7, 11) is 0. The van der Waals surface area contributed by atoms with Crippen molar-refractivity contribution in [3.05, 3.63) is 35.8 Å². The van der Waals surface area contributed by atoms with Gasteiger partial charge in [-0.3, -0.25) is 4.90 Å². The molecular weight excluding hydrogens is 224 g/mol. The van der Waals surface area contributed by atoms with Gasteiger partial charge >= 0.3 is 0 Å². The average molecular weight is 250 g/mol. The molecule has 0 saturated heterocycles. The monoisotopic (exact) mass is 250 g/mol. The maximum atomic E-state index is 5.81. The summed E-state index contributed by atoms with van der Waals surface area (Å²) in [6, 6.07) is 4.60. The fourth-order valence-corrected chi connectivity index (χ4v) is 1.79. The van der Waals surface area contributed by atoms with Crippen LogP contribution in [-0.2, 0) is 13.1 Å². The third-order valence-electron chi connectivity index (χ3n) is 2.72. The quantitative estimate of drug-likeness (QED) is 0.718. The molecule has 0 aliphatic carbocycles. The van der Waals surface area contributed by atoms with Gasteiger partial charge in [-0.05, 0) is 25.6 Å². The predicted octanol–water partition coefficient (Wildman–Crippen LogP) is 3.18. The van der Waals surface area contributed by atoms with Gasteiger partial charge in [0.1, 0.15) is 11.5 Å². The number of furan rings is 1. The largest absolute Gasteiger partial charge is 0.463 e. The molecule has 0 amide bonds. The van der Waals surface area contributed by atoms with Crippen molar-refractivity contribution >= 4 is 0 Å². The lowest BCUT2D eigenvalue weighted by Gasteiger charge is -2.18. The Morgan fingerprint density at radius 1 is 1.39 bits per heavy atom. The van der Waals surface area contributed by atoms with E-state index in [4.69, 9.17) is 4.42 Å². The number of nitrogens with one attached hydrogen (secondary N) is 1. The van der Waals surface area contributed by atoms with E-state index in [0.29, 0.717) is 6.04 Å². The van der Waals surface area contributed by atoms with E-state index < -0.39 is 0 Å². The third kappa shape index (κ3) is 5.52. The second kappa shape index (κ2) is 7.39. The molecule has 1 rings (SSSR count). The van der Waals surface area contributed by atoms with Crippen molar-refractivity contribution < 1.29 is 4.42 Å². The standard InChI is InChI=1S/C15H26N2O/c1-6-17(10-12(2)3)11-15-8-7-14(18-15)9-16-13(4)5/h7-8,13,16H,2,6,9-11H2,1,3-5H3. The molecule has 1 aromatic rings. The van der Waals surface area contributed by atoms with Crippen molar-refractivity contribution in [2.45, 2.75) is 46.8 Å². The molecule has 1 N–H and O–H groups in total. The predicted molar refractivity (Wildman–Crippen MR) is 76.4 cm³/mol. The van der Waals surface area contributed by atoms with Crippen LogP contribution in [0.3, 0.4) is 0 Å². The summed E-state index contributed by atoms with van der Waals surface area (Å²) in [6.07, 6.45) is 0. The molecule has 0 saturated carbocycles. The van der Waals surface area contributed by atoms with Crippen LogP contribution in [0.4, 0.5) is 0 Å². The average Bonchev–Trinajstić information content (AvgIpc) is 2.72. The molecule has 18 heavy (non-hydrogen) atoms. The molecular formula is C15H26N2O. The van der Waals surface area contributed by atoms with Crippen LogP contribution < -0.4 is 5.32 Å². The van der Waals surface area contributed by atoms with Crippen molar-refractivity contribution in [1.82, 2.24) is 10.2 Å². The number of nitrogens with zero attached hydrogens (tertiary/aromatic N) is 1. The Morgan fingerprint density at radius 3 is 2.61 bits per heavy atom. The lowest BCUT2D eigenvalue weighted by molar-refractivity contribution is 0.271. The van der Waals surface area contributed by atoms with Crippen molar-refractivity contribution in [3.63, 3.8) is 0 Å². The van der Waals surface area contributed by atoms with Gasteiger partial charge in [0.25, 0.3) is 0 Å². The first kappa shape index (κ1) is 15.0. The zero-order valence-electron chi connectivity index (χ0n) is 12.1. The van der Waals surface area contributed by atoms with E-state index in [0.717, 1.165) is 37.7 Å². The molecule has 1 heterocycles. The van der Waals surface area contributed by atoms with Gasteiger partial charge in [-0.2, -0.15) is 0 Å². The van der Waals surface area contributed by atoms with E-state index in [1.54, 1.807) is 0 Å². The highest BCUT2D eigenvalue weighted by Crippen LogP contribution is 2.11. The first-order valence-electron chi connectivity index (χ1n) is 6.69. The lowest BCUT2D eigenvalue weighted by atomic mass is 10.3. The summed E-state index contributed by atoms with van der Waals surface area (Å²) < 4.78 is 5.81. The Morgan fingerprint density at radius 2 is 2.06 bits per heavy atom. The Kier molecular flexibility index (Phi) is 6.16. The normalized spacial score (nSPS) is 11.4. The highest BCUT2D eigenvalue weighted by atomic mass is 16.3. The minimum Gasteiger partial charge on any atom is -0.463 e. The highest BCUT2D eigenvalue weighted by molar-refractivity contribution is 5.07. The van der Waals surface area contributed by atoms with Crippen LogP contribution in [-0.4, -0.2) is 24.0 Å². The maximum absolute atomic E-state index is 5.81. The molecule has 0 fully saturated rings. The summed E-state index contributed by atoms with van der Waals surface area (Å²) in [6.45, 7) is 16.0. The van der Waals surface area contributed by atoms with Gasteiger partial charge < -0.3 is 9.73 Å². The summed E-state index contributed by atoms with van der Waals surface area (Å²) in [5.41, 5.74) is 1.19. The topological polar surface area (TPSA) is 28.4 Å². The van der Waals surface area contributed by atoms with Crippen LogP contribution in [0.1, 0.15) is 39.2 Å². The first-order chi connectivity index (χ1) is 8.51. The Hall–Kier alpha value is -1.06. The molecule has 0 atom stereocenters. The zero-order valence-corrected chi connectivity index (χ0v) is 12.1. The molecule has 0 spiro atoms. The van der Waals surface area contributed by atoms with Crippen molar-refractivity contribution in [3.8, 4) is 0 Å². The molecule has 3 nitrogen and oxygen atoms in total. The number of likely N-dealkylation sites (N-methyl/N-ethyl adjacent to an activating group) is 1. The Labute approximate surface area is 111 Å². The molecule has 0 aliphatic rings. The van der Waals surface area contributed by atoms with E-state index in [-0.39, 0.29) is 0 Å². The van der Waals surface area contributed by atoms with E-state index in [1.165, 1.54) is 5.57 Å². The minimum absolute atomic E-state index is 0.481. The van der Waals surface area contributed by atoms with E-state index >= 15 is 0 Å².